The van der Waals surface area contributed by atoms with E-state index in [4.69, 9.17) is 5.73 Å². The van der Waals surface area contributed by atoms with Gasteiger partial charge in [-0.05, 0) is 5.56 Å². The van der Waals surface area contributed by atoms with Gasteiger partial charge in [0.2, 0.25) is 0 Å². The summed E-state index contributed by atoms with van der Waals surface area (Å²) in [6, 6.07) is 19.5. The standard InChI is InChI=1S/C18H21NO2S2/c19-17(18(20)21)13-23(12-16-9-5-2-6-10-16)14-22-11-15-7-3-1-4-8-15/h1-10,17H,11-14,19H2/t17-,23?/m0/s1. The number of aliphatic carboxylic acids is 1. The lowest BCUT2D eigenvalue weighted by Crippen LogP contribution is -2.46. The predicted molar refractivity (Wildman–Crippen MR) is 98.0 cm³/mol. The van der Waals surface area contributed by atoms with Gasteiger partial charge in [0.25, 0.3) is 0 Å². The third kappa shape index (κ3) is 6.69. The van der Waals surface area contributed by atoms with Crippen LogP contribution in [0.5, 0.6) is 0 Å². The topological polar surface area (TPSA) is 66.2 Å². The van der Waals surface area contributed by atoms with E-state index in [1.807, 2.05) is 48.2 Å². The number of rotatable bonds is 9. The van der Waals surface area contributed by atoms with Crippen LogP contribution in [0.2, 0.25) is 0 Å². The molecule has 23 heavy (non-hydrogen) atoms. The Hall–Kier alpha value is -1.43. The van der Waals surface area contributed by atoms with Gasteiger partial charge in [-0.15, -0.1) is 11.8 Å². The number of hydrogen-bond donors (Lipinski definition) is 1. The van der Waals surface area contributed by atoms with Crippen LogP contribution in [-0.4, -0.2) is 22.8 Å². The van der Waals surface area contributed by atoms with Crippen LogP contribution >= 0.6 is 11.8 Å². The third-order valence-corrected chi connectivity index (χ3v) is 7.40. The SMILES string of the molecule is N[C@@H](C[S+](CSCc1ccccc1)Cc1ccccc1)C(=O)[O-]. The Bertz CT molecular complexity index is 592. The number of benzene rings is 2. The number of carbonyl (C=O) groups excluding carboxylic acids is 1. The van der Waals surface area contributed by atoms with E-state index in [9.17, 15) is 9.90 Å². The number of nitrogens with two attached hydrogens (primary N) is 1. The van der Waals surface area contributed by atoms with Crippen molar-refractivity contribution in [2.24, 2.45) is 5.73 Å². The van der Waals surface area contributed by atoms with Gasteiger partial charge in [-0.3, -0.25) is 0 Å². The van der Waals surface area contributed by atoms with Crippen molar-refractivity contribution in [3.63, 3.8) is 0 Å². The van der Waals surface area contributed by atoms with E-state index in [0.717, 1.165) is 16.6 Å². The molecule has 0 bridgehead atoms. The molecule has 0 aromatic heterocycles. The smallest absolute Gasteiger partial charge is 0.154 e. The number of carboxylic acids is 1. The van der Waals surface area contributed by atoms with E-state index in [1.165, 1.54) is 11.1 Å². The van der Waals surface area contributed by atoms with Crippen LogP contribution in [0.25, 0.3) is 0 Å². The van der Waals surface area contributed by atoms with Crippen molar-refractivity contribution in [1.82, 2.24) is 0 Å². The monoisotopic (exact) mass is 347 g/mol. The minimum absolute atomic E-state index is 0.0826. The summed E-state index contributed by atoms with van der Waals surface area (Å²) in [4.78, 5) is 10.9. The minimum Gasteiger partial charge on any atom is -0.548 e. The van der Waals surface area contributed by atoms with Crippen molar-refractivity contribution in [2.45, 2.75) is 17.5 Å². The maximum atomic E-state index is 10.9. The second kappa shape index (κ2) is 9.65. The van der Waals surface area contributed by atoms with Crippen molar-refractivity contribution in [2.75, 3.05) is 10.8 Å². The lowest BCUT2D eigenvalue weighted by Gasteiger charge is -2.15. The lowest BCUT2D eigenvalue weighted by molar-refractivity contribution is -0.306. The normalized spacial score (nSPS) is 13.4. The first-order valence-electron chi connectivity index (χ1n) is 7.41. The fourth-order valence-electron chi connectivity index (χ4n) is 2.13. The summed E-state index contributed by atoms with van der Waals surface area (Å²) in [5, 5.41) is 11.9. The first-order chi connectivity index (χ1) is 11.1. The fraction of sp³-hybridized carbons (Fsp3) is 0.278. The number of carbonyl (C=O) groups is 1. The molecule has 0 radical (unpaired) electrons. The average Bonchev–Trinajstić information content (AvgIpc) is 2.56. The molecule has 2 atom stereocenters. The third-order valence-electron chi connectivity index (χ3n) is 3.29. The first kappa shape index (κ1) is 17.9. The summed E-state index contributed by atoms with van der Waals surface area (Å²) in [6.07, 6.45) is 0. The summed E-state index contributed by atoms with van der Waals surface area (Å²) in [6.45, 7) is 0. The minimum atomic E-state index is -1.16. The van der Waals surface area contributed by atoms with E-state index in [2.05, 4.69) is 24.3 Å². The van der Waals surface area contributed by atoms with Crippen LogP contribution in [0.1, 0.15) is 11.1 Å². The van der Waals surface area contributed by atoms with Crippen LogP contribution in [0.4, 0.5) is 0 Å². The van der Waals surface area contributed by atoms with Gasteiger partial charge in [0, 0.05) is 22.2 Å². The van der Waals surface area contributed by atoms with Gasteiger partial charge >= 0.3 is 0 Å². The molecule has 0 saturated carbocycles. The maximum Gasteiger partial charge on any atom is 0.154 e. The molecule has 0 heterocycles. The van der Waals surface area contributed by atoms with E-state index in [1.54, 1.807) is 0 Å². The van der Waals surface area contributed by atoms with Gasteiger partial charge in [0.05, 0.1) is 12.0 Å². The fourth-order valence-corrected chi connectivity index (χ4v) is 5.98. The number of hydrogen-bond acceptors (Lipinski definition) is 4. The molecular weight excluding hydrogens is 326 g/mol. The molecule has 2 aromatic carbocycles. The van der Waals surface area contributed by atoms with Gasteiger partial charge in [-0.1, -0.05) is 60.7 Å². The predicted octanol–water partition coefficient (Wildman–Crippen LogP) is 1.77. The molecule has 0 aliphatic heterocycles. The Balaban J connectivity index is 1.91. The molecule has 0 aliphatic rings. The highest BCUT2D eigenvalue weighted by molar-refractivity contribution is 8.13. The van der Waals surface area contributed by atoms with Gasteiger partial charge in [0.1, 0.15) is 11.5 Å². The van der Waals surface area contributed by atoms with Gasteiger partial charge in [0.15, 0.2) is 5.08 Å². The second-order valence-electron chi connectivity index (χ2n) is 5.29. The molecule has 1 unspecified atom stereocenters. The summed E-state index contributed by atoms with van der Waals surface area (Å²) in [7, 11) is -0.0826. The Kier molecular flexibility index (Phi) is 7.52. The van der Waals surface area contributed by atoms with E-state index < -0.39 is 12.0 Å². The summed E-state index contributed by atoms with van der Waals surface area (Å²) in [5.74, 6) is 1.10. The Morgan fingerprint density at radius 2 is 1.61 bits per heavy atom. The van der Waals surface area contributed by atoms with Crippen molar-refractivity contribution in [3.05, 3.63) is 71.8 Å². The molecule has 122 valence electrons. The zero-order valence-electron chi connectivity index (χ0n) is 12.9. The number of carboxylic acid groups (broad SMARTS) is 1. The summed E-state index contributed by atoms with van der Waals surface area (Å²) in [5.41, 5.74) is 8.20. The van der Waals surface area contributed by atoms with E-state index in [0.29, 0.717) is 5.75 Å². The van der Waals surface area contributed by atoms with Crippen molar-refractivity contribution >= 4 is 28.6 Å². The van der Waals surface area contributed by atoms with Gasteiger partial charge in [-0.25, -0.2) is 0 Å². The highest BCUT2D eigenvalue weighted by Gasteiger charge is 2.23. The quantitative estimate of drug-likeness (QED) is 0.702. The second-order valence-corrected chi connectivity index (χ2v) is 8.77. The Morgan fingerprint density at radius 3 is 2.17 bits per heavy atom. The highest BCUT2D eigenvalue weighted by atomic mass is 32.2. The first-order valence-corrected chi connectivity index (χ1v) is 10.3. The van der Waals surface area contributed by atoms with Crippen LogP contribution < -0.4 is 10.8 Å². The molecule has 0 spiro atoms. The lowest BCUT2D eigenvalue weighted by atomic mass is 10.2. The molecule has 2 aromatic rings. The molecule has 3 nitrogen and oxygen atoms in total. The van der Waals surface area contributed by atoms with E-state index in [-0.39, 0.29) is 10.9 Å². The molecule has 0 fully saturated rings. The average molecular weight is 348 g/mol. The molecule has 0 aliphatic carbocycles. The van der Waals surface area contributed by atoms with Crippen molar-refractivity contribution in [3.8, 4) is 0 Å². The zero-order valence-corrected chi connectivity index (χ0v) is 14.5. The zero-order chi connectivity index (χ0) is 16.5. The van der Waals surface area contributed by atoms with Gasteiger partial charge < -0.3 is 15.6 Å². The Labute approximate surface area is 144 Å². The number of thioether (sulfide) groups is 1. The van der Waals surface area contributed by atoms with Crippen LogP contribution in [0.3, 0.4) is 0 Å². The molecule has 0 saturated heterocycles. The molecule has 0 amide bonds. The van der Waals surface area contributed by atoms with Crippen LogP contribution in [-0.2, 0) is 27.2 Å². The summed E-state index contributed by atoms with van der Waals surface area (Å²) >= 11 is 1.83. The Morgan fingerprint density at radius 1 is 1.04 bits per heavy atom. The van der Waals surface area contributed by atoms with E-state index >= 15 is 0 Å². The van der Waals surface area contributed by atoms with Crippen molar-refractivity contribution < 1.29 is 9.90 Å². The van der Waals surface area contributed by atoms with Crippen molar-refractivity contribution in [1.29, 1.82) is 0 Å². The van der Waals surface area contributed by atoms with Crippen LogP contribution in [0.15, 0.2) is 60.7 Å². The van der Waals surface area contributed by atoms with Crippen LogP contribution in [0, 0.1) is 0 Å². The van der Waals surface area contributed by atoms with Gasteiger partial charge in [-0.2, -0.15) is 0 Å². The highest BCUT2D eigenvalue weighted by Crippen LogP contribution is 2.19. The summed E-state index contributed by atoms with van der Waals surface area (Å²) < 4.78 is 0. The molecule has 2 rings (SSSR count). The molecule has 5 heteroatoms. The molecule has 2 N–H and O–H groups in total. The molecular formula is C18H21NO2S2. The maximum absolute atomic E-state index is 10.9. The largest absolute Gasteiger partial charge is 0.548 e.